The van der Waals surface area contributed by atoms with Gasteiger partial charge in [0.2, 0.25) is 0 Å². The number of hydrogen-bond donors (Lipinski definition) is 1. The molecule has 0 aliphatic rings. The number of H-pyrrole nitrogens is 1. The van der Waals surface area contributed by atoms with Gasteiger partial charge in [0.05, 0.1) is 0 Å². The zero-order valence-electron chi connectivity index (χ0n) is 11.5. The largest absolute Gasteiger partial charge is 0.364 e. The Labute approximate surface area is 111 Å². The Morgan fingerprint density at radius 3 is 2.44 bits per heavy atom. The standard InChI is InChI=1S/C17H25N/c1-2-3-4-5-6-7-8-13-17-16-12-10-9-11-15(16)14-18-17/h9-12,14,18H,2-8,13H2,1H3. The van der Waals surface area contributed by atoms with E-state index in [9.17, 15) is 0 Å². The Bertz CT molecular complexity index is 455. The molecule has 0 spiro atoms. The molecule has 0 amide bonds. The Morgan fingerprint density at radius 1 is 0.889 bits per heavy atom. The van der Waals surface area contributed by atoms with Gasteiger partial charge in [-0.15, -0.1) is 0 Å². The van der Waals surface area contributed by atoms with Crippen LogP contribution in [-0.2, 0) is 6.42 Å². The maximum absolute atomic E-state index is 3.42. The minimum absolute atomic E-state index is 1.20. The molecule has 98 valence electrons. The zero-order valence-corrected chi connectivity index (χ0v) is 11.5. The summed E-state index contributed by atoms with van der Waals surface area (Å²) in [4.78, 5) is 3.42. The Hall–Kier alpha value is -1.24. The monoisotopic (exact) mass is 243 g/mol. The fraction of sp³-hybridized carbons (Fsp3) is 0.529. The van der Waals surface area contributed by atoms with Crippen molar-refractivity contribution >= 4 is 10.8 Å². The molecule has 0 fully saturated rings. The van der Waals surface area contributed by atoms with Crippen molar-refractivity contribution < 1.29 is 0 Å². The van der Waals surface area contributed by atoms with E-state index in [-0.39, 0.29) is 0 Å². The van der Waals surface area contributed by atoms with Crippen molar-refractivity contribution in [1.82, 2.24) is 4.98 Å². The second kappa shape index (κ2) is 7.25. The molecule has 0 bridgehead atoms. The molecule has 0 radical (unpaired) electrons. The van der Waals surface area contributed by atoms with Crippen LogP contribution in [-0.4, -0.2) is 4.98 Å². The Balaban J connectivity index is 1.70. The first-order chi connectivity index (χ1) is 8.92. The van der Waals surface area contributed by atoms with Crippen LogP contribution in [0.15, 0.2) is 30.5 Å². The van der Waals surface area contributed by atoms with E-state index in [0.717, 1.165) is 0 Å². The molecular formula is C17H25N. The number of aromatic nitrogens is 1. The van der Waals surface area contributed by atoms with E-state index in [0.29, 0.717) is 0 Å². The third kappa shape index (κ3) is 3.63. The summed E-state index contributed by atoms with van der Waals surface area (Å²) in [7, 11) is 0. The summed E-state index contributed by atoms with van der Waals surface area (Å²) >= 11 is 0. The number of fused-ring (bicyclic) bond motifs is 1. The molecule has 1 aromatic heterocycles. The van der Waals surface area contributed by atoms with E-state index in [2.05, 4.69) is 42.4 Å². The van der Waals surface area contributed by atoms with Gasteiger partial charge in [0.15, 0.2) is 0 Å². The predicted molar refractivity (Wildman–Crippen MR) is 80.0 cm³/mol. The van der Waals surface area contributed by atoms with E-state index in [1.165, 1.54) is 67.8 Å². The van der Waals surface area contributed by atoms with Crippen LogP contribution in [0.3, 0.4) is 0 Å². The third-order valence-corrected chi connectivity index (χ3v) is 3.72. The first kappa shape index (κ1) is 13.2. The summed E-state index contributed by atoms with van der Waals surface area (Å²) in [5.74, 6) is 0. The van der Waals surface area contributed by atoms with E-state index in [4.69, 9.17) is 0 Å². The lowest BCUT2D eigenvalue weighted by molar-refractivity contribution is 0.588. The molecular weight excluding hydrogens is 218 g/mol. The highest BCUT2D eigenvalue weighted by Crippen LogP contribution is 2.19. The fourth-order valence-corrected chi connectivity index (χ4v) is 2.61. The lowest BCUT2D eigenvalue weighted by Gasteiger charge is -2.01. The Morgan fingerprint density at radius 2 is 1.61 bits per heavy atom. The van der Waals surface area contributed by atoms with Crippen LogP contribution >= 0.6 is 0 Å². The smallest absolute Gasteiger partial charge is 0.0226 e. The highest BCUT2D eigenvalue weighted by atomic mass is 14.7. The van der Waals surface area contributed by atoms with Gasteiger partial charge in [-0.1, -0.05) is 69.7 Å². The molecule has 1 nitrogen and oxygen atoms in total. The van der Waals surface area contributed by atoms with E-state index in [1.54, 1.807) is 0 Å². The molecule has 0 aliphatic carbocycles. The molecule has 0 atom stereocenters. The van der Waals surface area contributed by atoms with E-state index in [1.807, 2.05) is 0 Å². The van der Waals surface area contributed by atoms with Crippen LogP contribution < -0.4 is 0 Å². The summed E-state index contributed by atoms with van der Waals surface area (Å²) in [6.45, 7) is 2.27. The summed E-state index contributed by atoms with van der Waals surface area (Å²) in [6.07, 6.45) is 13.0. The summed E-state index contributed by atoms with van der Waals surface area (Å²) < 4.78 is 0. The predicted octanol–water partition coefficient (Wildman–Crippen LogP) is 5.46. The van der Waals surface area contributed by atoms with E-state index < -0.39 is 0 Å². The topological polar surface area (TPSA) is 15.8 Å². The average molecular weight is 243 g/mol. The first-order valence-corrected chi connectivity index (χ1v) is 7.47. The van der Waals surface area contributed by atoms with Crippen molar-refractivity contribution in [1.29, 1.82) is 0 Å². The first-order valence-electron chi connectivity index (χ1n) is 7.47. The summed E-state index contributed by atoms with van der Waals surface area (Å²) in [5.41, 5.74) is 1.42. The van der Waals surface area contributed by atoms with Crippen LogP contribution in [0.2, 0.25) is 0 Å². The molecule has 0 saturated carbocycles. The normalized spacial score (nSPS) is 11.2. The van der Waals surface area contributed by atoms with Gasteiger partial charge in [-0.2, -0.15) is 0 Å². The van der Waals surface area contributed by atoms with Crippen LogP contribution in [0, 0.1) is 0 Å². The lowest BCUT2D eigenvalue weighted by atomic mass is 10.1. The van der Waals surface area contributed by atoms with Crippen molar-refractivity contribution in [3.8, 4) is 0 Å². The van der Waals surface area contributed by atoms with Crippen molar-refractivity contribution in [3.05, 3.63) is 36.2 Å². The SMILES string of the molecule is CCCCCCCCCc1[nH]cc2ccccc12. The van der Waals surface area contributed by atoms with Crippen LogP contribution in [0.1, 0.15) is 57.6 Å². The molecule has 0 unspecified atom stereocenters. The molecule has 2 rings (SSSR count). The summed E-state index contributed by atoms with van der Waals surface area (Å²) in [5, 5.41) is 2.75. The number of hydrogen-bond acceptors (Lipinski definition) is 0. The van der Waals surface area contributed by atoms with Gasteiger partial charge in [-0.3, -0.25) is 0 Å². The highest BCUT2D eigenvalue weighted by Gasteiger charge is 2.01. The van der Waals surface area contributed by atoms with Gasteiger partial charge in [-0.25, -0.2) is 0 Å². The molecule has 2 aromatic rings. The molecule has 1 aromatic carbocycles. The lowest BCUT2D eigenvalue weighted by Crippen LogP contribution is -1.87. The molecule has 1 N–H and O–H groups in total. The number of benzene rings is 1. The quantitative estimate of drug-likeness (QED) is 0.592. The minimum Gasteiger partial charge on any atom is -0.364 e. The van der Waals surface area contributed by atoms with Gasteiger partial charge in [0.1, 0.15) is 0 Å². The number of aromatic amines is 1. The maximum Gasteiger partial charge on any atom is 0.0226 e. The summed E-state index contributed by atoms with van der Waals surface area (Å²) in [6, 6.07) is 8.64. The van der Waals surface area contributed by atoms with Gasteiger partial charge in [-0.05, 0) is 18.2 Å². The van der Waals surface area contributed by atoms with Crippen LogP contribution in [0.25, 0.3) is 10.8 Å². The second-order valence-corrected chi connectivity index (χ2v) is 5.23. The number of rotatable bonds is 8. The van der Waals surface area contributed by atoms with Gasteiger partial charge >= 0.3 is 0 Å². The van der Waals surface area contributed by atoms with Gasteiger partial charge < -0.3 is 4.98 Å². The third-order valence-electron chi connectivity index (χ3n) is 3.72. The fourth-order valence-electron chi connectivity index (χ4n) is 2.61. The zero-order chi connectivity index (χ0) is 12.6. The number of unbranched alkanes of at least 4 members (excludes halogenated alkanes) is 6. The Kier molecular flexibility index (Phi) is 5.32. The van der Waals surface area contributed by atoms with Crippen molar-refractivity contribution in [2.45, 2.75) is 58.3 Å². The highest BCUT2D eigenvalue weighted by molar-refractivity contribution is 5.85. The van der Waals surface area contributed by atoms with Crippen molar-refractivity contribution in [3.63, 3.8) is 0 Å². The van der Waals surface area contributed by atoms with Crippen molar-refractivity contribution in [2.75, 3.05) is 0 Å². The second-order valence-electron chi connectivity index (χ2n) is 5.23. The van der Waals surface area contributed by atoms with Crippen LogP contribution in [0.5, 0.6) is 0 Å². The molecule has 0 saturated heterocycles. The number of aryl methyl sites for hydroxylation is 1. The molecule has 1 heteroatoms. The molecule has 18 heavy (non-hydrogen) atoms. The van der Waals surface area contributed by atoms with Crippen LogP contribution in [0.4, 0.5) is 0 Å². The maximum atomic E-state index is 3.42. The molecule has 1 heterocycles. The van der Waals surface area contributed by atoms with Crippen molar-refractivity contribution in [2.24, 2.45) is 0 Å². The van der Waals surface area contributed by atoms with Gasteiger partial charge in [0.25, 0.3) is 0 Å². The van der Waals surface area contributed by atoms with E-state index >= 15 is 0 Å². The average Bonchev–Trinajstić information content (AvgIpc) is 2.81. The number of nitrogens with one attached hydrogen (secondary N) is 1. The molecule has 0 aliphatic heterocycles. The minimum atomic E-state index is 1.20. The van der Waals surface area contributed by atoms with Gasteiger partial charge in [0, 0.05) is 17.3 Å².